The maximum absolute atomic E-state index is 12.4. The zero-order valence-electron chi connectivity index (χ0n) is 12.0. The van der Waals surface area contributed by atoms with Crippen molar-refractivity contribution in [3.63, 3.8) is 0 Å². The fourth-order valence-electron chi connectivity index (χ4n) is 2.50. The van der Waals surface area contributed by atoms with Crippen LogP contribution in [0.4, 0.5) is 10.5 Å². The van der Waals surface area contributed by atoms with Gasteiger partial charge < -0.3 is 15.2 Å². The van der Waals surface area contributed by atoms with E-state index in [0.717, 1.165) is 11.3 Å². The second kappa shape index (κ2) is 5.81. The molecule has 0 fully saturated rings. The van der Waals surface area contributed by atoms with Gasteiger partial charge >= 0.3 is 6.03 Å². The summed E-state index contributed by atoms with van der Waals surface area (Å²) in [6.07, 6.45) is 1.87. The third-order valence-corrected chi connectivity index (χ3v) is 3.96. The number of carbonyl (C=O) groups is 1. The first-order valence-electron chi connectivity index (χ1n) is 6.92. The Bertz CT molecular complexity index is 787. The van der Waals surface area contributed by atoms with E-state index in [1.807, 2.05) is 6.92 Å². The van der Waals surface area contributed by atoms with E-state index in [4.69, 9.17) is 11.6 Å². The number of aromatic amines is 1. The molecule has 1 aromatic carbocycles. The summed E-state index contributed by atoms with van der Waals surface area (Å²) in [7, 11) is 0. The minimum atomic E-state index is -0.210. The zero-order valence-corrected chi connectivity index (χ0v) is 12.8. The fraction of sp³-hybridized carbons (Fsp3) is 0.267. The van der Waals surface area contributed by atoms with Crippen LogP contribution in [0.25, 0.3) is 0 Å². The van der Waals surface area contributed by atoms with E-state index in [1.165, 1.54) is 6.33 Å². The van der Waals surface area contributed by atoms with Gasteiger partial charge in [-0.15, -0.1) is 0 Å². The van der Waals surface area contributed by atoms with Crippen molar-refractivity contribution in [1.29, 1.82) is 0 Å². The average molecular weight is 319 g/mol. The van der Waals surface area contributed by atoms with E-state index in [-0.39, 0.29) is 11.6 Å². The molecule has 7 heteroatoms. The lowest BCUT2D eigenvalue weighted by atomic mass is 10.1. The first kappa shape index (κ1) is 14.6. The molecule has 1 aliphatic heterocycles. The Balaban J connectivity index is 1.75. The Labute approximate surface area is 132 Å². The molecule has 0 aliphatic carbocycles. The fourth-order valence-corrected chi connectivity index (χ4v) is 2.73. The van der Waals surface area contributed by atoms with Crippen LogP contribution in [0.1, 0.15) is 16.8 Å². The zero-order chi connectivity index (χ0) is 15.7. The highest BCUT2D eigenvalue weighted by Gasteiger charge is 2.23. The smallest absolute Gasteiger partial charge is 0.318 e. The van der Waals surface area contributed by atoms with Gasteiger partial charge in [0.2, 0.25) is 0 Å². The molecule has 22 heavy (non-hydrogen) atoms. The molecule has 0 bridgehead atoms. The normalized spacial score (nSPS) is 13.6. The molecule has 0 spiro atoms. The van der Waals surface area contributed by atoms with Gasteiger partial charge in [0.1, 0.15) is 0 Å². The highest BCUT2D eigenvalue weighted by atomic mass is 35.5. The van der Waals surface area contributed by atoms with E-state index >= 15 is 0 Å². The molecule has 2 amide bonds. The van der Waals surface area contributed by atoms with Crippen molar-refractivity contribution in [1.82, 2.24) is 14.9 Å². The van der Waals surface area contributed by atoms with Crippen LogP contribution in [0, 0.1) is 6.92 Å². The lowest BCUT2D eigenvalue weighted by molar-refractivity contribution is 0.205. The summed E-state index contributed by atoms with van der Waals surface area (Å²) in [5.41, 5.74) is 2.80. The van der Waals surface area contributed by atoms with Crippen molar-refractivity contribution < 1.29 is 4.79 Å². The van der Waals surface area contributed by atoms with Crippen LogP contribution in [0.3, 0.4) is 0 Å². The Morgan fingerprint density at radius 2 is 2.27 bits per heavy atom. The number of aromatic nitrogens is 2. The van der Waals surface area contributed by atoms with Crippen molar-refractivity contribution in [2.24, 2.45) is 0 Å². The Kier molecular flexibility index (Phi) is 3.85. The van der Waals surface area contributed by atoms with Gasteiger partial charge in [-0.1, -0.05) is 11.6 Å². The maximum Gasteiger partial charge on any atom is 0.322 e. The predicted octanol–water partition coefficient (Wildman–Crippen LogP) is 2.32. The number of nitrogens with one attached hydrogen (secondary N) is 2. The van der Waals surface area contributed by atoms with E-state index in [9.17, 15) is 9.59 Å². The van der Waals surface area contributed by atoms with Gasteiger partial charge in [0.05, 0.1) is 18.6 Å². The Hall–Kier alpha value is -2.34. The van der Waals surface area contributed by atoms with Crippen LogP contribution in [-0.2, 0) is 13.0 Å². The minimum absolute atomic E-state index is 0.126. The molecule has 2 aromatic rings. The van der Waals surface area contributed by atoms with E-state index < -0.39 is 0 Å². The van der Waals surface area contributed by atoms with E-state index in [1.54, 1.807) is 23.1 Å². The number of rotatable bonds is 1. The SMILES string of the molecule is Cc1cc(Cl)ccc1NC(=O)N1CCc2c(nc[nH]c2=O)C1. The Morgan fingerprint density at radius 1 is 1.45 bits per heavy atom. The van der Waals surface area contributed by atoms with Gasteiger partial charge in [-0.25, -0.2) is 9.78 Å². The number of amides is 2. The molecule has 0 radical (unpaired) electrons. The van der Waals surface area contributed by atoms with Crippen LogP contribution >= 0.6 is 11.6 Å². The standard InChI is InChI=1S/C15H15ClN4O2/c1-9-6-10(16)2-3-12(9)19-15(22)20-5-4-11-13(7-20)17-8-18-14(11)21/h2-3,6,8H,4-5,7H2,1H3,(H,19,22)(H,17,18,21). The Morgan fingerprint density at radius 3 is 3.05 bits per heavy atom. The molecular formula is C15H15ClN4O2. The number of carbonyl (C=O) groups excluding carboxylic acids is 1. The monoisotopic (exact) mass is 318 g/mol. The van der Waals surface area contributed by atoms with Crippen molar-refractivity contribution in [3.05, 3.63) is 56.7 Å². The largest absolute Gasteiger partial charge is 0.322 e. The maximum atomic E-state index is 12.4. The van der Waals surface area contributed by atoms with Crippen LogP contribution in [0.5, 0.6) is 0 Å². The number of H-pyrrole nitrogens is 1. The van der Waals surface area contributed by atoms with Gasteiger partial charge in [-0.3, -0.25) is 4.79 Å². The third-order valence-electron chi connectivity index (χ3n) is 3.73. The van der Waals surface area contributed by atoms with Gasteiger partial charge in [0, 0.05) is 22.8 Å². The van der Waals surface area contributed by atoms with Crippen LogP contribution in [-0.4, -0.2) is 27.4 Å². The average Bonchev–Trinajstić information content (AvgIpc) is 2.50. The molecule has 0 atom stereocenters. The molecule has 1 aromatic heterocycles. The van der Waals surface area contributed by atoms with Gasteiger partial charge in [-0.2, -0.15) is 0 Å². The molecule has 6 nitrogen and oxygen atoms in total. The van der Waals surface area contributed by atoms with Crippen molar-refractivity contribution in [2.45, 2.75) is 19.9 Å². The summed E-state index contributed by atoms with van der Waals surface area (Å²) < 4.78 is 0. The van der Waals surface area contributed by atoms with E-state index in [0.29, 0.717) is 35.8 Å². The number of fused-ring (bicyclic) bond motifs is 1. The topological polar surface area (TPSA) is 78.1 Å². The van der Waals surface area contributed by atoms with Crippen molar-refractivity contribution in [3.8, 4) is 0 Å². The second-order valence-corrected chi connectivity index (χ2v) is 5.65. The van der Waals surface area contributed by atoms with Crippen LogP contribution in [0.2, 0.25) is 5.02 Å². The number of halogens is 1. The highest BCUT2D eigenvalue weighted by molar-refractivity contribution is 6.30. The van der Waals surface area contributed by atoms with Gasteiger partial charge in [-0.05, 0) is 37.1 Å². The summed E-state index contributed by atoms with van der Waals surface area (Å²) in [5.74, 6) is 0. The summed E-state index contributed by atoms with van der Waals surface area (Å²) in [4.78, 5) is 32.4. The lowest BCUT2D eigenvalue weighted by Crippen LogP contribution is -2.41. The summed E-state index contributed by atoms with van der Waals surface area (Å²) >= 11 is 5.91. The number of nitrogens with zero attached hydrogens (tertiary/aromatic N) is 2. The molecule has 3 rings (SSSR count). The number of aryl methyl sites for hydroxylation is 1. The number of hydrogen-bond donors (Lipinski definition) is 2. The van der Waals surface area contributed by atoms with Crippen LogP contribution in [0.15, 0.2) is 29.3 Å². The first-order chi connectivity index (χ1) is 10.5. The van der Waals surface area contributed by atoms with Crippen molar-refractivity contribution in [2.75, 3.05) is 11.9 Å². The first-order valence-corrected chi connectivity index (χ1v) is 7.30. The molecule has 0 unspecified atom stereocenters. The molecule has 0 saturated heterocycles. The molecule has 114 valence electrons. The van der Waals surface area contributed by atoms with E-state index in [2.05, 4.69) is 15.3 Å². The highest BCUT2D eigenvalue weighted by Crippen LogP contribution is 2.21. The minimum Gasteiger partial charge on any atom is -0.318 e. The molecule has 0 saturated carbocycles. The van der Waals surface area contributed by atoms with Gasteiger partial charge in [0.15, 0.2) is 0 Å². The number of benzene rings is 1. The van der Waals surface area contributed by atoms with Crippen LogP contribution < -0.4 is 10.9 Å². The second-order valence-electron chi connectivity index (χ2n) is 5.22. The summed E-state index contributed by atoms with van der Waals surface area (Å²) in [6.45, 7) is 2.70. The van der Waals surface area contributed by atoms with Gasteiger partial charge in [0.25, 0.3) is 5.56 Å². The molecule has 1 aliphatic rings. The molecule has 2 heterocycles. The molecule has 2 N–H and O–H groups in total. The third kappa shape index (κ3) is 2.82. The number of urea groups is 1. The summed E-state index contributed by atoms with van der Waals surface area (Å²) in [6, 6.07) is 5.09. The quantitative estimate of drug-likeness (QED) is 0.847. The molecular weight excluding hydrogens is 304 g/mol. The summed E-state index contributed by atoms with van der Waals surface area (Å²) in [5, 5.41) is 3.50. The lowest BCUT2D eigenvalue weighted by Gasteiger charge is -2.27. The predicted molar refractivity (Wildman–Crippen MR) is 84.2 cm³/mol. The number of hydrogen-bond acceptors (Lipinski definition) is 3. The number of anilines is 1. The van der Waals surface area contributed by atoms with Crippen molar-refractivity contribution >= 4 is 23.3 Å².